The van der Waals surface area contributed by atoms with Crippen LogP contribution < -0.4 is 0 Å². The van der Waals surface area contributed by atoms with Crippen molar-refractivity contribution >= 4 is 0 Å². The van der Waals surface area contributed by atoms with Crippen molar-refractivity contribution in [3.63, 3.8) is 0 Å². The monoisotopic (exact) mass is 281 g/mol. The predicted octanol–water partition coefficient (Wildman–Crippen LogP) is 1.40. The van der Waals surface area contributed by atoms with Crippen molar-refractivity contribution < 1.29 is 14.0 Å². The lowest BCUT2D eigenvalue weighted by Gasteiger charge is -2.29. The van der Waals surface area contributed by atoms with E-state index in [2.05, 4.69) is 15.0 Å². The second kappa shape index (κ2) is 6.65. The van der Waals surface area contributed by atoms with Gasteiger partial charge in [-0.2, -0.15) is 4.98 Å². The minimum atomic E-state index is 0.328. The lowest BCUT2D eigenvalue weighted by Crippen LogP contribution is -2.35. The van der Waals surface area contributed by atoms with Gasteiger partial charge in [-0.15, -0.1) is 0 Å². The van der Waals surface area contributed by atoms with E-state index in [0.29, 0.717) is 11.8 Å². The molecular weight excluding hydrogens is 258 g/mol. The van der Waals surface area contributed by atoms with Crippen molar-refractivity contribution in [3.8, 4) is 0 Å². The maximum absolute atomic E-state index is 5.47. The van der Waals surface area contributed by atoms with Gasteiger partial charge in [0.2, 0.25) is 5.89 Å². The van der Waals surface area contributed by atoms with Crippen molar-refractivity contribution in [1.82, 2.24) is 15.0 Å². The highest BCUT2D eigenvalue weighted by atomic mass is 16.5. The molecule has 2 fully saturated rings. The average Bonchev–Trinajstić information content (AvgIpc) is 3.16. The molecule has 0 N–H and O–H groups in total. The smallest absolute Gasteiger partial charge is 0.229 e. The largest absolute Gasteiger partial charge is 0.383 e. The first-order valence-electron chi connectivity index (χ1n) is 7.49. The summed E-state index contributed by atoms with van der Waals surface area (Å²) in [7, 11) is 1.75. The van der Waals surface area contributed by atoms with Crippen molar-refractivity contribution in [2.45, 2.75) is 31.1 Å². The minimum Gasteiger partial charge on any atom is -0.383 e. The van der Waals surface area contributed by atoms with E-state index in [4.69, 9.17) is 14.0 Å². The van der Waals surface area contributed by atoms with E-state index >= 15 is 0 Å². The fourth-order valence-electron chi connectivity index (χ4n) is 2.94. The molecule has 0 radical (unpaired) electrons. The van der Waals surface area contributed by atoms with Gasteiger partial charge in [-0.3, -0.25) is 0 Å². The Morgan fingerprint density at radius 3 is 2.80 bits per heavy atom. The molecule has 0 aromatic carbocycles. The summed E-state index contributed by atoms with van der Waals surface area (Å²) >= 11 is 0. The molecule has 3 rings (SSSR count). The van der Waals surface area contributed by atoms with Crippen LogP contribution in [0.5, 0.6) is 0 Å². The molecule has 112 valence electrons. The fraction of sp³-hybridized carbons (Fsp3) is 0.857. The first kappa shape index (κ1) is 14.0. The van der Waals surface area contributed by atoms with Gasteiger partial charge < -0.3 is 18.9 Å². The molecule has 6 nitrogen and oxygen atoms in total. The molecule has 0 amide bonds. The Labute approximate surface area is 119 Å². The topological polar surface area (TPSA) is 60.6 Å². The van der Waals surface area contributed by atoms with Crippen LogP contribution in [0.3, 0.4) is 0 Å². The van der Waals surface area contributed by atoms with Crippen LogP contribution in [-0.2, 0) is 9.47 Å². The number of ether oxygens (including phenoxy) is 2. The first-order valence-corrected chi connectivity index (χ1v) is 7.49. The third-order valence-corrected chi connectivity index (χ3v) is 4.30. The first-order chi connectivity index (χ1) is 9.86. The molecule has 1 atom stereocenters. The molecule has 20 heavy (non-hydrogen) atoms. The predicted molar refractivity (Wildman–Crippen MR) is 72.8 cm³/mol. The van der Waals surface area contributed by atoms with Crippen LogP contribution in [0, 0.1) is 0 Å². The zero-order chi connectivity index (χ0) is 13.8. The second-order valence-corrected chi connectivity index (χ2v) is 5.66. The number of nitrogens with zero attached hydrogens (tertiary/aromatic N) is 3. The van der Waals surface area contributed by atoms with Gasteiger partial charge in [0.15, 0.2) is 5.82 Å². The SMILES string of the molecule is COCCN1CCC(c2nc([C@@H]3CCOC3)no2)CC1. The summed E-state index contributed by atoms with van der Waals surface area (Å²) in [5, 5.41) is 4.14. The maximum Gasteiger partial charge on any atom is 0.229 e. The van der Waals surface area contributed by atoms with Gasteiger partial charge >= 0.3 is 0 Å². The Morgan fingerprint density at radius 2 is 2.10 bits per heavy atom. The third-order valence-electron chi connectivity index (χ3n) is 4.30. The van der Waals surface area contributed by atoms with Crippen LogP contribution in [0.2, 0.25) is 0 Å². The van der Waals surface area contributed by atoms with E-state index in [1.165, 1.54) is 0 Å². The number of rotatable bonds is 5. The molecule has 1 aromatic rings. The summed E-state index contributed by atoms with van der Waals surface area (Å²) in [5.41, 5.74) is 0. The molecular formula is C14H23N3O3. The zero-order valence-corrected chi connectivity index (χ0v) is 12.1. The summed E-state index contributed by atoms with van der Waals surface area (Å²) in [5.74, 6) is 2.39. The van der Waals surface area contributed by atoms with Crippen molar-refractivity contribution in [1.29, 1.82) is 0 Å². The minimum absolute atomic E-state index is 0.328. The van der Waals surface area contributed by atoms with Crippen LogP contribution in [0.15, 0.2) is 4.52 Å². The van der Waals surface area contributed by atoms with Crippen molar-refractivity contribution in [3.05, 3.63) is 11.7 Å². The van der Waals surface area contributed by atoms with Crippen molar-refractivity contribution in [2.24, 2.45) is 0 Å². The summed E-state index contributed by atoms with van der Waals surface area (Å²) in [6.45, 7) is 5.52. The number of hydrogen-bond donors (Lipinski definition) is 0. The Hall–Kier alpha value is -0.980. The van der Waals surface area contributed by atoms with Gasteiger partial charge in [0.1, 0.15) is 0 Å². The van der Waals surface area contributed by atoms with E-state index in [9.17, 15) is 0 Å². The molecule has 1 aromatic heterocycles. The number of aromatic nitrogens is 2. The molecule has 3 heterocycles. The quantitative estimate of drug-likeness (QED) is 0.813. The van der Waals surface area contributed by atoms with E-state index < -0.39 is 0 Å². The van der Waals surface area contributed by atoms with Gasteiger partial charge in [-0.25, -0.2) is 0 Å². The lowest BCUT2D eigenvalue weighted by atomic mass is 9.97. The average molecular weight is 281 g/mol. The van der Waals surface area contributed by atoms with Crippen LogP contribution >= 0.6 is 0 Å². The highest BCUT2D eigenvalue weighted by molar-refractivity contribution is 5.01. The van der Waals surface area contributed by atoms with Crippen LogP contribution in [0.25, 0.3) is 0 Å². The molecule has 2 aliphatic rings. The van der Waals surface area contributed by atoms with Crippen LogP contribution in [0.1, 0.15) is 42.8 Å². The molecule has 2 saturated heterocycles. The standard InChI is InChI=1S/C14H23N3O3/c1-18-9-7-17-5-2-11(3-6-17)14-15-13(16-20-14)12-4-8-19-10-12/h11-12H,2-10H2,1H3/t12-/m1/s1. The fourth-order valence-corrected chi connectivity index (χ4v) is 2.94. The second-order valence-electron chi connectivity index (χ2n) is 5.66. The van der Waals surface area contributed by atoms with Crippen molar-refractivity contribution in [2.75, 3.05) is 46.6 Å². The van der Waals surface area contributed by atoms with Gasteiger partial charge in [0.25, 0.3) is 0 Å². The van der Waals surface area contributed by atoms with E-state index in [1.807, 2.05) is 0 Å². The number of hydrogen-bond acceptors (Lipinski definition) is 6. The highest BCUT2D eigenvalue weighted by Crippen LogP contribution is 2.29. The molecule has 2 aliphatic heterocycles. The number of piperidine rings is 1. The number of likely N-dealkylation sites (tertiary alicyclic amines) is 1. The van der Waals surface area contributed by atoms with Crippen LogP contribution in [-0.4, -0.2) is 61.6 Å². The normalized spacial score (nSPS) is 25.4. The van der Waals surface area contributed by atoms with Gasteiger partial charge in [0, 0.05) is 32.1 Å². The van der Waals surface area contributed by atoms with E-state index in [1.54, 1.807) is 7.11 Å². The zero-order valence-electron chi connectivity index (χ0n) is 12.1. The molecule has 0 unspecified atom stereocenters. The summed E-state index contributed by atoms with van der Waals surface area (Å²) in [6.07, 6.45) is 3.19. The molecule has 6 heteroatoms. The third kappa shape index (κ3) is 3.19. The van der Waals surface area contributed by atoms with Gasteiger partial charge in [-0.05, 0) is 32.4 Å². The molecule has 0 bridgehead atoms. The molecule has 0 aliphatic carbocycles. The van der Waals surface area contributed by atoms with E-state index in [0.717, 1.165) is 70.4 Å². The number of methoxy groups -OCH3 is 1. The van der Waals surface area contributed by atoms with E-state index in [-0.39, 0.29) is 0 Å². The Morgan fingerprint density at radius 1 is 1.25 bits per heavy atom. The Balaban J connectivity index is 1.52. The Bertz CT molecular complexity index is 410. The Kier molecular flexibility index (Phi) is 4.65. The highest BCUT2D eigenvalue weighted by Gasteiger charge is 2.28. The summed E-state index contributed by atoms with van der Waals surface area (Å²) in [4.78, 5) is 7.03. The van der Waals surface area contributed by atoms with Crippen LogP contribution in [0.4, 0.5) is 0 Å². The summed E-state index contributed by atoms with van der Waals surface area (Å²) in [6, 6.07) is 0. The lowest BCUT2D eigenvalue weighted by molar-refractivity contribution is 0.126. The molecule has 0 spiro atoms. The molecule has 0 saturated carbocycles. The van der Waals surface area contributed by atoms with Gasteiger partial charge in [0.05, 0.1) is 13.2 Å². The summed E-state index contributed by atoms with van der Waals surface area (Å²) < 4.78 is 16.0. The maximum atomic E-state index is 5.47. The van der Waals surface area contributed by atoms with Gasteiger partial charge in [-0.1, -0.05) is 5.16 Å².